The average Bonchev–Trinajstić information content (AvgIpc) is 2.59. The first-order valence-electron chi connectivity index (χ1n) is 4.26. The van der Waals surface area contributed by atoms with Gasteiger partial charge in [-0.1, -0.05) is 12.1 Å². The summed E-state index contributed by atoms with van der Waals surface area (Å²) in [6, 6.07) is 6.18. The van der Waals surface area contributed by atoms with E-state index >= 15 is 0 Å². The fourth-order valence-electron chi connectivity index (χ4n) is 1.34. The van der Waals surface area contributed by atoms with Crippen LogP contribution in [0.3, 0.4) is 0 Å². The van der Waals surface area contributed by atoms with Crippen LogP contribution >= 0.6 is 0 Å². The Labute approximate surface area is 83.9 Å². The largest absolute Gasteiger partial charge is 0.440 e. The van der Waals surface area contributed by atoms with E-state index in [-0.39, 0.29) is 29.0 Å². The number of rotatable bonds is 2. The number of para-hydroxylation sites is 1. The van der Waals surface area contributed by atoms with Gasteiger partial charge in [0.2, 0.25) is 5.89 Å². The summed E-state index contributed by atoms with van der Waals surface area (Å²) in [6.45, 7) is 0. The molecule has 0 aliphatic carbocycles. The SMILES string of the molecule is N#CCc1nc2c(C(F)F)cccc2o1. The number of benzene rings is 1. The van der Waals surface area contributed by atoms with Crippen molar-refractivity contribution in [1.29, 1.82) is 5.26 Å². The normalized spacial score (nSPS) is 10.8. The zero-order valence-electron chi connectivity index (χ0n) is 7.58. The molecular weight excluding hydrogens is 202 g/mol. The third kappa shape index (κ3) is 1.66. The minimum Gasteiger partial charge on any atom is -0.440 e. The van der Waals surface area contributed by atoms with E-state index in [1.807, 2.05) is 6.07 Å². The molecule has 76 valence electrons. The van der Waals surface area contributed by atoms with E-state index in [9.17, 15) is 8.78 Å². The lowest BCUT2D eigenvalue weighted by atomic mass is 10.2. The zero-order valence-corrected chi connectivity index (χ0v) is 7.58. The number of fused-ring (bicyclic) bond motifs is 1. The Morgan fingerprint density at radius 2 is 2.27 bits per heavy atom. The van der Waals surface area contributed by atoms with Gasteiger partial charge in [-0.25, -0.2) is 13.8 Å². The van der Waals surface area contributed by atoms with Crippen molar-refractivity contribution in [2.75, 3.05) is 0 Å². The third-order valence-electron chi connectivity index (χ3n) is 1.96. The molecule has 2 aromatic rings. The maximum absolute atomic E-state index is 12.5. The fourth-order valence-corrected chi connectivity index (χ4v) is 1.34. The van der Waals surface area contributed by atoms with Crippen molar-refractivity contribution < 1.29 is 13.2 Å². The molecule has 1 aromatic carbocycles. The van der Waals surface area contributed by atoms with Crippen LogP contribution in [0.25, 0.3) is 11.1 Å². The van der Waals surface area contributed by atoms with E-state index in [0.717, 1.165) is 0 Å². The highest BCUT2D eigenvalue weighted by Gasteiger charge is 2.15. The van der Waals surface area contributed by atoms with E-state index in [1.54, 1.807) is 6.07 Å². The van der Waals surface area contributed by atoms with Crippen LogP contribution in [0.1, 0.15) is 17.9 Å². The van der Waals surface area contributed by atoms with Gasteiger partial charge in [-0.2, -0.15) is 5.26 Å². The summed E-state index contributed by atoms with van der Waals surface area (Å²) in [5.41, 5.74) is 0.260. The summed E-state index contributed by atoms with van der Waals surface area (Å²) < 4.78 is 30.2. The molecule has 0 unspecified atom stereocenters. The van der Waals surface area contributed by atoms with Crippen LogP contribution < -0.4 is 0 Å². The van der Waals surface area contributed by atoms with Crippen LogP contribution in [0, 0.1) is 11.3 Å². The summed E-state index contributed by atoms with van der Waals surface area (Å²) >= 11 is 0. The number of hydrogen-bond acceptors (Lipinski definition) is 3. The number of alkyl halides is 2. The van der Waals surface area contributed by atoms with Crippen LogP contribution in [0.5, 0.6) is 0 Å². The molecule has 0 aliphatic rings. The van der Waals surface area contributed by atoms with Crippen molar-refractivity contribution in [3.8, 4) is 6.07 Å². The van der Waals surface area contributed by atoms with E-state index < -0.39 is 6.43 Å². The van der Waals surface area contributed by atoms with Crippen molar-refractivity contribution in [3.63, 3.8) is 0 Å². The molecule has 0 spiro atoms. The van der Waals surface area contributed by atoms with E-state index in [2.05, 4.69) is 4.98 Å². The second kappa shape index (κ2) is 3.65. The summed E-state index contributed by atoms with van der Waals surface area (Å²) in [7, 11) is 0. The van der Waals surface area contributed by atoms with Crippen molar-refractivity contribution in [1.82, 2.24) is 4.98 Å². The molecule has 1 heterocycles. The molecule has 0 atom stereocenters. The standard InChI is InChI=1S/C10H6F2N2O/c11-10(12)6-2-1-3-7-9(6)14-8(15-7)4-5-13/h1-3,10H,4H2. The molecule has 0 saturated carbocycles. The van der Waals surface area contributed by atoms with Gasteiger partial charge in [0, 0.05) is 5.56 Å². The Kier molecular flexibility index (Phi) is 2.34. The van der Waals surface area contributed by atoms with E-state index in [0.29, 0.717) is 0 Å². The van der Waals surface area contributed by atoms with Gasteiger partial charge < -0.3 is 4.42 Å². The Balaban J connectivity index is 2.60. The highest BCUT2D eigenvalue weighted by Crippen LogP contribution is 2.27. The molecule has 0 aliphatic heterocycles. The summed E-state index contributed by atoms with van der Waals surface area (Å²) in [5, 5.41) is 8.43. The highest BCUT2D eigenvalue weighted by atomic mass is 19.3. The lowest BCUT2D eigenvalue weighted by molar-refractivity contribution is 0.153. The third-order valence-corrected chi connectivity index (χ3v) is 1.96. The number of oxazole rings is 1. The highest BCUT2D eigenvalue weighted by molar-refractivity contribution is 5.76. The maximum atomic E-state index is 12.5. The summed E-state index contributed by atoms with van der Waals surface area (Å²) in [4.78, 5) is 3.85. The van der Waals surface area contributed by atoms with Gasteiger partial charge >= 0.3 is 0 Å². The topological polar surface area (TPSA) is 49.8 Å². The molecule has 1 aromatic heterocycles. The molecule has 5 heteroatoms. The van der Waals surface area contributed by atoms with Crippen LogP contribution in [0.2, 0.25) is 0 Å². The molecule has 2 rings (SSSR count). The lowest BCUT2D eigenvalue weighted by Gasteiger charge is -1.97. The second-order valence-corrected chi connectivity index (χ2v) is 2.94. The molecule has 0 N–H and O–H groups in total. The van der Waals surface area contributed by atoms with Gasteiger partial charge in [0.15, 0.2) is 5.58 Å². The van der Waals surface area contributed by atoms with Crippen molar-refractivity contribution >= 4 is 11.1 Å². The quantitative estimate of drug-likeness (QED) is 0.762. The van der Waals surface area contributed by atoms with E-state index in [1.165, 1.54) is 12.1 Å². The Morgan fingerprint density at radius 1 is 1.47 bits per heavy atom. The lowest BCUT2D eigenvalue weighted by Crippen LogP contribution is -1.86. The second-order valence-electron chi connectivity index (χ2n) is 2.94. The number of aromatic nitrogens is 1. The molecule has 0 saturated heterocycles. The number of nitrogens with zero attached hydrogens (tertiary/aromatic N) is 2. The monoisotopic (exact) mass is 208 g/mol. The van der Waals surface area contributed by atoms with Crippen LogP contribution in [0.15, 0.2) is 22.6 Å². The molecule has 0 radical (unpaired) electrons. The molecular formula is C10H6F2N2O. The molecule has 15 heavy (non-hydrogen) atoms. The molecule has 3 nitrogen and oxygen atoms in total. The predicted octanol–water partition coefficient (Wildman–Crippen LogP) is 2.83. The Bertz CT molecular complexity index is 528. The van der Waals surface area contributed by atoms with Crippen LogP contribution in [-0.4, -0.2) is 4.98 Å². The first-order chi connectivity index (χ1) is 7.22. The van der Waals surface area contributed by atoms with Gasteiger partial charge in [-0.15, -0.1) is 0 Å². The number of halogens is 2. The van der Waals surface area contributed by atoms with Crippen molar-refractivity contribution in [3.05, 3.63) is 29.7 Å². The molecule has 0 bridgehead atoms. The molecule has 0 fully saturated rings. The maximum Gasteiger partial charge on any atom is 0.266 e. The van der Waals surface area contributed by atoms with Crippen LogP contribution in [-0.2, 0) is 6.42 Å². The van der Waals surface area contributed by atoms with Gasteiger partial charge in [0.1, 0.15) is 11.9 Å². The predicted molar refractivity (Wildman–Crippen MR) is 48.3 cm³/mol. The van der Waals surface area contributed by atoms with Gasteiger partial charge in [-0.3, -0.25) is 0 Å². The minimum absolute atomic E-state index is 0.0165. The van der Waals surface area contributed by atoms with Crippen LogP contribution in [0.4, 0.5) is 8.78 Å². The summed E-state index contributed by atoms with van der Waals surface area (Å²) in [6.07, 6.45) is -2.61. The average molecular weight is 208 g/mol. The smallest absolute Gasteiger partial charge is 0.266 e. The first kappa shape index (κ1) is 9.59. The molecule has 0 amide bonds. The van der Waals surface area contributed by atoms with Crippen molar-refractivity contribution in [2.24, 2.45) is 0 Å². The Hall–Kier alpha value is -1.96. The minimum atomic E-state index is -2.59. The Morgan fingerprint density at radius 3 is 2.93 bits per heavy atom. The first-order valence-corrected chi connectivity index (χ1v) is 4.26. The zero-order chi connectivity index (χ0) is 10.8. The van der Waals surface area contributed by atoms with Gasteiger partial charge in [0.25, 0.3) is 6.43 Å². The van der Waals surface area contributed by atoms with Crippen molar-refractivity contribution in [2.45, 2.75) is 12.8 Å². The van der Waals surface area contributed by atoms with Gasteiger partial charge in [-0.05, 0) is 6.07 Å². The summed E-state index contributed by atoms with van der Waals surface area (Å²) in [5.74, 6) is 0.167. The fraction of sp³-hybridized carbons (Fsp3) is 0.200. The number of hydrogen-bond donors (Lipinski definition) is 0. The van der Waals surface area contributed by atoms with Gasteiger partial charge in [0.05, 0.1) is 6.07 Å². The van der Waals surface area contributed by atoms with E-state index in [4.69, 9.17) is 9.68 Å². The number of nitriles is 1.